The van der Waals surface area contributed by atoms with Gasteiger partial charge >= 0.3 is 6.01 Å². The second-order valence-electron chi connectivity index (χ2n) is 3.56. The van der Waals surface area contributed by atoms with Crippen molar-refractivity contribution in [2.45, 2.75) is 0 Å². The van der Waals surface area contributed by atoms with E-state index in [1.54, 1.807) is 12.1 Å². The quantitative estimate of drug-likeness (QED) is 0.781. The first kappa shape index (κ1) is 12.5. The van der Waals surface area contributed by atoms with E-state index < -0.39 is 5.91 Å². The van der Waals surface area contributed by atoms with Crippen molar-refractivity contribution in [3.05, 3.63) is 41.1 Å². The standard InChI is InChI=1S/C11H6BrN5O3/c12-8-2-1-7(19-8)10-16-17-11(20-10)15-9(18)6-5-13-3-4-14-6/h1-5H,(H,15,17,18). The zero-order chi connectivity index (χ0) is 13.9. The summed E-state index contributed by atoms with van der Waals surface area (Å²) in [7, 11) is 0. The molecule has 0 saturated heterocycles. The molecular weight excluding hydrogens is 330 g/mol. The van der Waals surface area contributed by atoms with Gasteiger partial charge in [0.25, 0.3) is 11.8 Å². The van der Waals surface area contributed by atoms with E-state index in [0.29, 0.717) is 10.4 Å². The molecule has 20 heavy (non-hydrogen) atoms. The summed E-state index contributed by atoms with van der Waals surface area (Å²) in [6.45, 7) is 0. The number of nitrogens with zero attached hydrogens (tertiary/aromatic N) is 4. The Labute approximate surface area is 120 Å². The molecule has 0 bridgehead atoms. The van der Waals surface area contributed by atoms with Gasteiger partial charge in [0.05, 0.1) is 6.20 Å². The molecule has 9 heteroatoms. The number of nitrogens with one attached hydrogen (secondary N) is 1. The predicted molar refractivity (Wildman–Crippen MR) is 69.7 cm³/mol. The van der Waals surface area contributed by atoms with Gasteiger partial charge in [0.1, 0.15) is 5.69 Å². The van der Waals surface area contributed by atoms with Crippen LogP contribution in [0.2, 0.25) is 0 Å². The number of carbonyl (C=O) groups excluding carboxylic acids is 1. The molecule has 0 aliphatic heterocycles. The number of carbonyl (C=O) groups is 1. The maximum Gasteiger partial charge on any atom is 0.322 e. The summed E-state index contributed by atoms with van der Waals surface area (Å²) in [6.07, 6.45) is 4.21. The van der Waals surface area contributed by atoms with Gasteiger partial charge in [-0.1, -0.05) is 5.10 Å². The molecule has 100 valence electrons. The fourth-order valence-corrected chi connectivity index (χ4v) is 1.69. The van der Waals surface area contributed by atoms with Gasteiger partial charge in [-0.3, -0.25) is 15.1 Å². The van der Waals surface area contributed by atoms with Gasteiger partial charge in [0, 0.05) is 12.4 Å². The third-order valence-electron chi connectivity index (χ3n) is 2.23. The van der Waals surface area contributed by atoms with Crippen LogP contribution in [0.3, 0.4) is 0 Å². The second kappa shape index (κ2) is 5.21. The van der Waals surface area contributed by atoms with Crippen molar-refractivity contribution in [1.82, 2.24) is 20.2 Å². The van der Waals surface area contributed by atoms with Crippen LogP contribution in [-0.4, -0.2) is 26.1 Å². The molecular formula is C11H6BrN5O3. The van der Waals surface area contributed by atoms with Crippen molar-refractivity contribution in [2.75, 3.05) is 5.32 Å². The highest BCUT2D eigenvalue weighted by Crippen LogP contribution is 2.24. The van der Waals surface area contributed by atoms with Gasteiger partial charge in [-0.15, -0.1) is 5.10 Å². The molecule has 0 aliphatic carbocycles. The predicted octanol–water partition coefficient (Wildman–Crippen LogP) is 2.13. The van der Waals surface area contributed by atoms with Crippen molar-refractivity contribution in [1.29, 1.82) is 0 Å². The number of aromatic nitrogens is 4. The zero-order valence-electron chi connectivity index (χ0n) is 9.78. The van der Waals surface area contributed by atoms with Crippen LogP contribution in [0.4, 0.5) is 6.01 Å². The average Bonchev–Trinajstić information content (AvgIpc) is 3.09. The summed E-state index contributed by atoms with van der Waals surface area (Å²) in [5, 5.41) is 9.88. The fraction of sp³-hybridized carbons (Fsp3) is 0. The summed E-state index contributed by atoms with van der Waals surface area (Å²) in [4.78, 5) is 19.4. The molecule has 3 heterocycles. The van der Waals surface area contributed by atoms with Crippen LogP contribution in [0, 0.1) is 0 Å². The molecule has 3 rings (SSSR count). The second-order valence-corrected chi connectivity index (χ2v) is 4.34. The van der Waals surface area contributed by atoms with Gasteiger partial charge in [-0.25, -0.2) is 4.98 Å². The lowest BCUT2D eigenvalue weighted by atomic mass is 10.4. The molecule has 8 nitrogen and oxygen atoms in total. The van der Waals surface area contributed by atoms with Crippen molar-refractivity contribution in [3.8, 4) is 11.7 Å². The first-order valence-electron chi connectivity index (χ1n) is 5.39. The molecule has 0 aromatic carbocycles. The Hall–Kier alpha value is -2.55. The first-order chi connectivity index (χ1) is 9.72. The lowest BCUT2D eigenvalue weighted by Gasteiger charge is -1.97. The average molecular weight is 336 g/mol. The zero-order valence-corrected chi connectivity index (χ0v) is 11.4. The molecule has 0 unspecified atom stereocenters. The molecule has 3 aromatic rings. The Morgan fingerprint density at radius 3 is 2.80 bits per heavy atom. The molecule has 1 N–H and O–H groups in total. The molecule has 0 spiro atoms. The van der Waals surface area contributed by atoms with Gasteiger partial charge in [0.15, 0.2) is 10.4 Å². The first-order valence-corrected chi connectivity index (χ1v) is 6.18. The lowest BCUT2D eigenvalue weighted by Crippen LogP contribution is -2.13. The molecule has 0 fully saturated rings. The smallest absolute Gasteiger partial charge is 0.322 e. The summed E-state index contributed by atoms with van der Waals surface area (Å²) in [5.41, 5.74) is 0.146. The van der Waals surface area contributed by atoms with E-state index >= 15 is 0 Å². The highest BCUT2D eigenvalue weighted by Gasteiger charge is 2.15. The minimum atomic E-state index is -0.492. The van der Waals surface area contributed by atoms with Crippen molar-refractivity contribution >= 4 is 27.9 Å². The minimum absolute atomic E-state index is 0.0526. The highest BCUT2D eigenvalue weighted by molar-refractivity contribution is 9.10. The van der Waals surface area contributed by atoms with Crippen molar-refractivity contribution in [2.24, 2.45) is 0 Å². The number of anilines is 1. The third-order valence-corrected chi connectivity index (χ3v) is 2.65. The number of hydrogen-bond donors (Lipinski definition) is 1. The molecule has 3 aromatic heterocycles. The van der Waals surface area contributed by atoms with E-state index in [1.165, 1.54) is 18.6 Å². The van der Waals surface area contributed by atoms with E-state index in [9.17, 15) is 4.79 Å². The van der Waals surface area contributed by atoms with Crippen LogP contribution in [0.25, 0.3) is 11.7 Å². The molecule has 1 amide bonds. The Bertz CT molecular complexity index is 739. The Morgan fingerprint density at radius 1 is 1.20 bits per heavy atom. The summed E-state index contributed by atoms with van der Waals surface area (Å²) >= 11 is 3.17. The molecule has 0 radical (unpaired) electrons. The number of rotatable bonds is 3. The normalized spacial score (nSPS) is 10.4. The number of hydrogen-bond acceptors (Lipinski definition) is 7. The van der Waals surface area contributed by atoms with Crippen LogP contribution in [0.5, 0.6) is 0 Å². The van der Waals surface area contributed by atoms with E-state index in [0.717, 1.165) is 0 Å². The summed E-state index contributed by atoms with van der Waals surface area (Å²) in [5.74, 6) is 0.0587. The Kier molecular flexibility index (Phi) is 3.25. The number of amides is 1. The van der Waals surface area contributed by atoms with E-state index in [4.69, 9.17) is 8.83 Å². The topological polar surface area (TPSA) is 107 Å². The van der Waals surface area contributed by atoms with Gasteiger partial charge in [-0.05, 0) is 28.1 Å². The number of furan rings is 1. The van der Waals surface area contributed by atoms with Gasteiger partial charge < -0.3 is 8.83 Å². The summed E-state index contributed by atoms with van der Waals surface area (Å²) in [6, 6.07) is 3.30. The van der Waals surface area contributed by atoms with Gasteiger partial charge in [0.2, 0.25) is 0 Å². The van der Waals surface area contributed by atoms with Gasteiger partial charge in [-0.2, -0.15) is 0 Å². The monoisotopic (exact) mass is 335 g/mol. The fourth-order valence-electron chi connectivity index (χ4n) is 1.38. The van der Waals surface area contributed by atoms with Crippen LogP contribution >= 0.6 is 15.9 Å². The summed E-state index contributed by atoms with van der Waals surface area (Å²) < 4.78 is 11.1. The third kappa shape index (κ3) is 2.57. The van der Waals surface area contributed by atoms with Crippen LogP contribution < -0.4 is 5.32 Å². The van der Waals surface area contributed by atoms with E-state index in [1.807, 2.05) is 0 Å². The Balaban J connectivity index is 1.76. The molecule has 0 saturated carbocycles. The van der Waals surface area contributed by atoms with Crippen molar-refractivity contribution in [3.63, 3.8) is 0 Å². The van der Waals surface area contributed by atoms with Crippen LogP contribution in [0.15, 0.2) is 44.2 Å². The highest BCUT2D eigenvalue weighted by atomic mass is 79.9. The van der Waals surface area contributed by atoms with E-state index in [2.05, 4.69) is 41.4 Å². The molecule has 0 aliphatic rings. The lowest BCUT2D eigenvalue weighted by molar-refractivity contribution is 0.101. The minimum Gasteiger partial charge on any atom is -0.444 e. The maximum atomic E-state index is 11.8. The Morgan fingerprint density at radius 2 is 2.10 bits per heavy atom. The molecule has 0 atom stereocenters. The largest absolute Gasteiger partial charge is 0.444 e. The van der Waals surface area contributed by atoms with Crippen molar-refractivity contribution < 1.29 is 13.6 Å². The van der Waals surface area contributed by atoms with Crippen LogP contribution in [0.1, 0.15) is 10.5 Å². The SMILES string of the molecule is O=C(Nc1nnc(-c2ccc(Br)o2)o1)c1cnccn1. The van der Waals surface area contributed by atoms with Crippen LogP contribution in [-0.2, 0) is 0 Å². The van der Waals surface area contributed by atoms with E-state index in [-0.39, 0.29) is 17.6 Å². The number of halogens is 1. The maximum absolute atomic E-state index is 11.8.